The number of piperazine rings is 1. The van der Waals surface area contributed by atoms with E-state index >= 15 is 0 Å². The average molecular weight is 583 g/mol. The van der Waals surface area contributed by atoms with Gasteiger partial charge in [-0.05, 0) is 30.3 Å². The lowest BCUT2D eigenvalue weighted by atomic mass is 10.2. The molecule has 14 heteroatoms. The number of hydrogen-bond acceptors (Lipinski definition) is 9. The molecule has 0 aliphatic carbocycles. The Balaban J connectivity index is 1.14. The van der Waals surface area contributed by atoms with Crippen LogP contribution in [0.4, 0.5) is 16.0 Å². The summed E-state index contributed by atoms with van der Waals surface area (Å²) in [6.45, 7) is 4.07. The number of rotatable bonds is 9. The van der Waals surface area contributed by atoms with Gasteiger partial charge in [-0.2, -0.15) is 14.6 Å². The van der Waals surface area contributed by atoms with Gasteiger partial charge in [-0.25, -0.2) is 9.18 Å². The van der Waals surface area contributed by atoms with Crippen molar-refractivity contribution < 1.29 is 18.1 Å². The smallest absolute Gasteiger partial charge is 0.330 e. The van der Waals surface area contributed by atoms with Gasteiger partial charge in [0.2, 0.25) is 5.95 Å². The molecule has 4 aromatic heterocycles. The summed E-state index contributed by atoms with van der Waals surface area (Å²) >= 11 is -0.957. The topological polar surface area (TPSA) is 135 Å². The SMILES string of the molecule is Cn1c(=O)n(CCN2CCN(c3ccc(OCC[S@+](C)[O-])cc3F)CC2)c2nc(N)n3nc(-c4ccco4)cc3c21. The van der Waals surface area contributed by atoms with Crippen LogP contribution in [0.3, 0.4) is 0 Å². The third-order valence-electron chi connectivity index (χ3n) is 7.40. The minimum absolute atomic E-state index is 0.178. The van der Waals surface area contributed by atoms with E-state index < -0.39 is 11.2 Å². The van der Waals surface area contributed by atoms with Gasteiger partial charge in [0.1, 0.15) is 35.1 Å². The Morgan fingerprint density at radius 2 is 1.98 bits per heavy atom. The first-order valence-electron chi connectivity index (χ1n) is 13.3. The molecule has 2 N–H and O–H groups in total. The van der Waals surface area contributed by atoms with Crippen LogP contribution in [-0.2, 0) is 24.8 Å². The highest BCUT2D eigenvalue weighted by Crippen LogP contribution is 2.27. The predicted octanol–water partition coefficient (Wildman–Crippen LogP) is 1.94. The summed E-state index contributed by atoms with van der Waals surface area (Å²) in [6.07, 6.45) is 3.18. The highest BCUT2D eigenvalue weighted by Gasteiger charge is 2.23. The Morgan fingerprint density at radius 3 is 2.68 bits per heavy atom. The van der Waals surface area contributed by atoms with E-state index in [0.29, 0.717) is 84.6 Å². The van der Waals surface area contributed by atoms with E-state index in [1.54, 1.807) is 46.9 Å². The van der Waals surface area contributed by atoms with Crippen LogP contribution in [0.5, 0.6) is 5.75 Å². The van der Waals surface area contributed by atoms with Gasteiger partial charge in [0.05, 0.1) is 23.7 Å². The fraction of sp³-hybridized carbons (Fsp3) is 0.370. The van der Waals surface area contributed by atoms with Gasteiger partial charge >= 0.3 is 5.69 Å². The number of nitrogen functional groups attached to an aromatic ring is 1. The van der Waals surface area contributed by atoms with Gasteiger partial charge in [0.25, 0.3) is 0 Å². The van der Waals surface area contributed by atoms with Gasteiger partial charge in [-0.3, -0.25) is 14.0 Å². The first-order chi connectivity index (χ1) is 19.8. The maximum absolute atomic E-state index is 14.8. The van der Waals surface area contributed by atoms with Crippen molar-refractivity contribution >= 4 is 39.5 Å². The van der Waals surface area contributed by atoms with Crippen molar-refractivity contribution in [3.05, 3.63) is 59.0 Å². The van der Waals surface area contributed by atoms with E-state index in [9.17, 15) is 13.7 Å². The molecule has 0 saturated carbocycles. The predicted molar refractivity (Wildman–Crippen MR) is 155 cm³/mol. The van der Waals surface area contributed by atoms with E-state index in [0.717, 1.165) is 0 Å². The monoisotopic (exact) mass is 582 g/mol. The molecule has 12 nitrogen and oxygen atoms in total. The molecule has 1 saturated heterocycles. The van der Waals surface area contributed by atoms with Crippen LogP contribution in [0.15, 0.2) is 51.9 Å². The normalized spacial score (nSPS) is 15.3. The molecule has 0 amide bonds. The quantitative estimate of drug-likeness (QED) is 0.259. The van der Waals surface area contributed by atoms with Crippen LogP contribution in [0.2, 0.25) is 0 Å². The number of aryl methyl sites for hydroxylation is 1. The number of benzene rings is 1. The maximum atomic E-state index is 14.8. The molecule has 1 fully saturated rings. The van der Waals surface area contributed by atoms with Crippen LogP contribution in [0, 0.1) is 5.82 Å². The van der Waals surface area contributed by atoms with E-state index in [4.69, 9.17) is 14.9 Å². The fourth-order valence-corrected chi connectivity index (χ4v) is 5.55. The molecule has 0 spiro atoms. The van der Waals surface area contributed by atoms with Gasteiger partial charge in [-0.1, -0.05) is 11.2 Å². The molecule has 1 atom stereocenters. The van der Waals surface area contributed by atoms with Crippen molar-refractivity contribution in [1.29, 1.82) is 0 Å². The minimum Gasteiger partial charge on any atom is -0.616 e. The number of fused-ring (bicyclic) bond motifs is 3. The van der Waals surface area contributed by atoms with Crippen LogP contribution >= 0.6 is 0 Å². The number of nitrogens with two attached hydrogens (primary N) is 1. The van der Waals surface area contributed by atoms with Gasteiger partial charge in [-0.15, -0.1) is 0 Å². The van der Waals surface area contributed by atoms with E-state index in [1.807, 2.05) is 17.0 Å². The third-order valence-corrected chi connectivity index (χ3v) is 8.14. The standard InChI is InChI=1S/C27H31FN8O4S/c1-32-24-22-17-20(23-4-3-13-40-23)31-36(22)26(29)30-25(24)35(27(32)37)12-9-33-7-10-34(11-8-33)21-6-5-18(16-19(21)28)39-14-15-41(2)38/h3-6,13,16-17H,7-12,14-15H2,1-2H3,(H2,29,30)/t41-/m0/s1. The van der Waals surface area contributed by atoms with Gasteiger partial charge in [0.15, 0.2) is 11.4 Å². The Morgan fingerprint density at radius 1 is 1.17 bits per heavy atom. The molecular weight excluding hydrogens is 551 g/mol. The van der Waals surface area contributed by atoms with Crippen molar-refractivity contribution in [3.8, 4) is 17.2 Å². The first kappa shape index (κ1) is 27.2. The number of furan rings is 1. The van der Waals surface area contributed by atoms with Crippen molar-refractivity contribution in [2.75, 3.05) is 62.0 Å². The highest BCUT2D eigenvalue weighted by molar-refractivity contribution is 7.90. The summed E-state index contributed by atoms with van der Waals surface area (Å²) < 4.78 is 41.8. The average Bonchev–Trinajstić information content (AvgIpc) is 3.68. The van der Waals surface area contributed by atoms with Crippen molar-refractivity contribution in [3.63, 3.8) is 0 Å². The van der Waals surface area contributed by atoms with Crippen molar-refractivity contribution in [2.45, 2.75) is 6.54 Å². The second-order valence-corrected chi connectivity index (χ2v) is 11.6. The summed E-state index contributed by atoms with van der Waals surface area (Å²) in [4.78, 5) is 22.0. The van der Waals surface area contributed by atoms with Crippen LogP contribution in [-0.4, -0.2) is 84.5 Å². The van der Waals surface area contributed by atoms with E-state index in [2.05, 4.69) is 15.0 Å². The van der Waals surface area contributed by atoms with Crippen molar-refractivity contribution in [1.82, 2.24) is 28.6 Å². The summed E-state index contributed by atoms with van der Waals surface area (Å²) in [5, 5.41) is 4.52. The number of anilines is 2. The molecule has 41 heavy (non-hydrogen) atoms. The summed E-state index contributed by atoms with van der Waals surface area (Å²) in [5.74, 6) is 1.26. The summed E-state index contributed by atoms with van der Waals surface area (Å²) in [5.41, 5.74) is 9.01. The molecule has 1 aromatic carbocycles. The first-order valence-corrected chi connectivity index (χ1v) is 15.0. The zero-order valence-corrected chi connectivity index (χ0v) is 23.6. The molecule has 5 heterocycles. The molecule has 6 rings (SSSR count). The minimum atomic E-state index is -0.957. The molecule has 0 unspecified atom stereocenters. The van der Waals surface area contributed by atoms with E-state index in [1.165, 1.54) is 10.6 Å². The lowest BCUT2D eigenvalue weighted by molar-refractivity contribution is 0.247. The summed E-state index contributed by atoms with van der Waals surface area (Å²) in [6, 6.07) is 10.3. The lowest BCUT2D eigenvalue weighted by Crippen LogP contribution is -2.47. The molecule has 5 aromatic rings. The molecule has 0 radical (unpaired) electrons. The largest absolute Gasteiger partial charge is 0.616 e. The number of hydrogen-bond donors (Lipinski definition) is 1. The highest BCUT2D eigenvalue weighted by atomic mass is 32.2. The number of halogens is 1. The van der Waals surface area contributed by atoms with Crippen LogP contribution in [0.25, 0.3) is 28.1 Å². The summed E-state index contributed by atoms with van der Waals surface area (Å²) in [7, 11) is 1.72. The van der Waals surface area contributed by atoms with Crippen LogP contribution < -0.4 is 21.1 Å². The van der Waals surface area contributed by atoms with Crippen LogP contribution in [0.1, 0.15) is 0 Å². The maximum Gasteiger partial charge on any atom is 0.330 e. The Kier molecular flexibility index (Phi) is 7.36. The van der Waals surface area contributed by atoms with Crippen molar-refractivity contribution in [2.24, 2.45) is 7.05 Å². The molecule has 1 aliphatic rings. The molecule has 216 valence electrons. The van der Waals surface area contributed by atoms with E-state index in [-0.39, 0.29) is 24.1 Å². The van der Waals surface area contributed by atoms with Gasteiger partial charge < -0.3 is 24.3 Å². The zero-order valence-electron chi connectivity index (χ0n) is 22.8. The number of aromatic nitrogens is 5. The fourth-order valence-electron chi connectivity index (χ4n) is 5.24. The molecule has 1 aliphatic heterocycles. The second kappa shape index (κ2) is 11.1. The lowest BCUT2D eigenvalue weighted by Gasteiger charge is -2.36. The Hall–Kier alpha value is -4.01. The Labute approximate surface area is 237 Å². The number of ether oxygens (including phenoxy) is 1. The van der Waals surface area contributed by atoms with Gasteiger partial charge in [0, 0.05) is 52.4 Å². The number of imidazole rings is 1. The molecular formula is C27H31FN8O4S. The third kappa shape index (κ3) is 5.25. The second-order valence-electron chi connectivity index (χ2n) is 10.0. The number of nitrogens with zero attached hydrogens (tertiary/aromatic N) is 7. The zero-order chi connectivity index (χ0) is 28.7. The Bertz CT molecular complexity index is 1740. The molecule has 0 bridgehead atoms.